The standard InChI is InChI=1S/C15H16O2/c1-11(2)10-17-15-8-7-12-5-3-4-6-13(12)14(15)9-16/h3-9,11H,10H2,1-2H3. The Morgan fingerprint density at radius 2 is 1.94 bits per heavy atom. The molecular formula is C15H16O2. The number of benzene rings is 2. The van der Waals surface area contributed by atoms with Gasteiger partial charge in [0, 0.05) is 0 Å². The van der Waals surface area contributed by atoms with Crippen LogP contribution in [0, 0.1) is 5.92 Å². The molecule has 2 aromatic rings. The van der Waals surface area contributed by atoms with Crippen molar-refractivity contribution in [1.29, 1.82) is 0 Å². The highest BCUT2D eigenvalue weighted by atomic mass is 16.5. The molecule has 0 saturated carbocycles. The Labute approximate surface area is 101 Å². The minimum Gasteiger partial charge on any atom is -0.493 e. The Balaban J connectivity index is 2.45. The molecule has 0 N–H and O–H groups in total. The first-order valence-electron chi connectivity index (χ1n) is 5.82. The van der Waals surface area contributed by atoms with Crippen molar-refractivity contribution >= 4 is 17.1 Å². The lowest BCUT2D eigenvalue weighted by atomic mass is 10.0. The van der Waals surface area contributed by atoms with Crippen LogP contribution >= 0.6 is 0 Å². The molecule has 17 heavy (non-hydrogen) atoms. The van der Waals surface area contributed by atoms with Crippen molar-refractivity contribution < 1.29 is 9.53 Å². The van der Waals surface area contributed by atoms with E-state index in [0.29, 0.717) is 23.8 Å². The zero-order chi connectivity index (χ0) is 12.3. The van der Waals surface area contributed by atoms with Crippen molar-refractivity contribution in [2.45, 2.75) is 13.8 Å². The molecule has 88 valence electrons. The smallest absolute Gasteiger partial charge is 0.154 e. The fraction of sp³-hybridized carbons (Fsp3) is 0.267. The zero-order valence-corrected chi connectivity index (χ0v) is 10.1. The number of carbonyl (C=O) groups is 1. The second-order valence-electron chi connectivity index (χ2n) is 4.52. The fourth-order valence-electron chi connectivity index (χ4n) is 1.78. The van der Waals surface area contributed by atoms with Crippen molar-refractivity contribution in [1.82, 2.24) is 0 Å². The Kier molecular flexibility index (Phi) is 3.43. The molecule has 2 aromatic carbocycles. The summed E-state index contributed by atoms with van der Waals surface area (Å²) >= 11 is 0. The SMILES string of the molecule is CC(C)COc1ccc2ccccc2c1C=O. The van der Waals surface area contributed by atoms with Crippen LogP contribution in [-0.4, -0.2) is 12.9 Å². The van der Waals surface area contributed by atoms with E-state index < -0.39 is 0 Å². The minimum absolute atomic E-state index is 0.445. The number of fused-ring (bicyclic) bond motifs is 1. The van der Waals surface area contributed by atoms with Crippen LogP contribution in [0.5, 0.6) is 5.75 Å². The summed E-state index contributed by atoms with van der Waals surface area (Å²) in [6, 6.07) is 11.7. The van der Waals surface area contributed by atoms with E-state index >= 15 is 0 Å². The first kappa shape index (κ1) is 11.6. The van der Waals surface area contributed by atoms with Crippen LogP contribution in [-0.2, 0) is 0 Å². The van der Waals surface area contributed by atoms with Gasteiger partial charge in [-0.25, -0.2) is 0 Å². The van der Waals surface area contributed by atoms with E-state index in [9.17, 15) is 4.79 Å². The van der Waals surface area contributed by atoms with Crippen LogP contribution in [0.4, 0.5) is 0 Å². The molecule has 0 unspecified atom stereocenters. The lowest BCUT2D eigenvalue weighted by molar-refractivity contribution is 0.112. The number of aldehydes is 1. The van der Waals surface area contributed by atoms with E-state index in [2.05, 4.69) is 13.8 Å². The maximum atomic E-state index is 11.2. The first-order valence-corrected chi connectivity index (χ1v) is 5.82. The van der Waals surface area contributed by atoms with Gasteiger partial charge in [0.1, 0.15) is 5.75 Å². The molecule has 0 spiro atoms. The van der Waals surface area contributed by atoms with Gasteiger partial charge in [0.05, 0.1) is 12.2 Å². The van der Waals surface area contributed by atoms with Gasteiger partial charge in [-0.2, -0.15) is 0 Å². The molecule has 0 aromatic heterocycles. The lowest BCUT2D eigenvalue weighted by Crippen LogP contribution is -2.06. The van der Waals surface area contributed by atoms with E-state index in [1.807, 2.05) is 36.4 Å². The maximum absolute atomic E-state index is 11.2. The normalized spacial score (nSPS) is 10.8. The second-order valence-corrected chi connectivity index (χ2v) is 4.52. The van der Waals surface area contributed by atoms with Crippen molar-refractivity contribution in [2.75, 3.05) is 6.61 Å². The van der Waals surface area contributed by atoms with Crippen molar-refractivity contribution in [3.05, 3.63) is 42.0 Å². The fourth-order valence-corrected chi connectivity index (χ4v) is 1.78. The van der Waals surface area contributed by atoms with E-state index in [1.54, 1.807) is 0 Å². The molecule has 0 radical (unpaired) electrons. The Hall–Kier alpha value is -1.83. The summed E-state index contributed by atoms with van der Waals surface area (Å²) in [5, 5.41) is 2.01. The van der Waals surface area contributed by atoms with E-state index in [0.717, 1.165) is 17.1 Å². The Morgan fingerprint density at radius 1 is 1.18 bits per heavy atom. The highest BCUT2D eigenvalue weighted by molar-refractivity contribution is 6.00. The van der Waals surface area contributed by atoms with Crippen LogP contribution in [0.2, 0.25) is 0 Å². The molecule has 2 heteroatoms. The highest BCUT2D eigenvalue weighted by Gasteiger charge is 2.08. The topological polar surface area (TPSA) is 26.3 Å². The van der Waals surface area contributed by atoms with Crippen LogP contribution in [0.15, 0.2) is 36.4 Å². The third-order valence-electron chi connectivity index (χ3n) is 2.62. The summed E-state index contributed by atoms with van der Waals surface area (Å²) in [7, 11) is 0. The molecule has 0 aliphatic heterocycles. The van der Waals surface area contributed by atoms with E-state index in [-0.39, 0.29) is 0 Å². The average molecular weight is 228 g/mol. The van der Waals surface area contributed by atoms with Crippen molar-refractivity contribution in [2.24, 2.45) is 5.92 Å². The molecule has 0 saturated heterocycles. The van der Waals surface area contributed by atoms with Crippen LogP contribution in [0.25, 0.3) is 10.8 Å². The van der Waals surface area contributed by atoms with Crippen LogP contribution in [0.3, 0.4) is 0 Å². The van der Waals surface area contributed by atoms with E-state index in [1.165, 1.54) is 0 Å². The summed E-state index contributed by atoms with van der Waals surface area (Å²) in [5.74, 6) is 1.12. The summed E-state index contributed by atoms with van der Waals surface area (Å²) < 4.78 is 5.67. The van der Waals surface area contributed by atoms with Gasteiger partial charge in [0.2, 0.25) is 0 Å². The summed E-state index contributed by atoms with van der Waals surface area (Å²) in [5.41, 5.74) is 0.642. The third kappa shape index (κ3) is 2.47. The number of hydrogen-bond donors (Lipinski definition) is 0. The van der Waals surface area contributed by atoms with Gasteiger partial charge in [0.25, 0.3) is 0 Å². The zero-order valence-electron chi connectivity index (χ0n) is 10.1. The van der Waals surface area contributed by atoms with Crippen molar-refractivity contribution in [3.8, 4) is 5.75 Å². The largest absolute Gasteiger partial charge is 0.493 e. The molecule has 0 fully saturated rings. The van der Waals surface area contributed by atoms with Gasteiger partial charge in [-0.3, -0.25) is 4.79 Å². The molecule has 0 aliphatic carbocycles. The molecule has 0 atom stereocenters. The molecule has 2 nitrogen and oxygen atoms in total. The Morgan fingerprint density at radius 3 is 2.65 bits per heavy atom. The first-order chi connectivity index (χ1) is 8.22. The molecular weight excluding hydrogens is 212 g/mol. The molecule has 0 bridgehead atoms. The minimum atomic E-state index is 0.445. The number of hydrogen-bond acceptors (Lipinski definition) is 2. The maximum Gasteiger partial charge on any atom is 0.154 e. The van der Waals surface area contributed by atoms with Gasteiger partial charge < -0.3 is 4.74 Å². The Bertz CT molecular complexity index is 529. The van der Waals surface area contributed by atoms with Gasteiger partial charge >= 0.3 is 0 Å². The number of ether oxygens (including phenoxy) is 1. The predicted molar refractivity (Wildman–Crippen MR) is 69.7 cm³/mol. The van der Waals surface area contributed by atoms with Crippen molar-refractivity contribution in [3.63, 3.8) is 0 Å². The van der Waals surface area contributed by atoms with E-state index in [4.69, 9.17) is 4.74 Å². The van der Waals surface area contributed by atoms with Gasteiger partial charge in [-0.15, -0.1) is 0 Å². The van der Waals surface area contributed by atoms with Gasteiger partial charge in [-0.1, -0.05) is 44.2 Å². The molecule has 2 rings (SSSR count). The lowest BCUT2D eigenvalue weighted by Gasteiger charge is -2.12. The highest BCUT2D eigenvalue weighted by Crippen LogP contribution is 2.26. The average Bonchev–Trinajstić information content (AvgIpc) is 2.35. The van der Waals surface area contributed by atoms with Gasteiger partial charge in [0.15, 0.2) is 6.29 Å². The quantitative estimate of drug-likeness (QED) is 0.746. The van der Waals surface area contributed by atoms with Crippen LogP contribution < -0.4 is 4.74 Å². The number of carbonyl (C=O) groups excluding carboxylic acids is 1. The second kappa shape index (κ2) is 5.00. The van der Waals surface area contributed by atoms with Gasteiger partial charge in [-0.05, 0) is 22.8 Å². The third-order valence-corrected chi connectivity index (χ3v) is 2.62. The molecule has 0 amide bonds. The number of rotatable bonds is 4. The molecule has 0 aliphatic rings. The summed E-state index contributed by atoms with van der Waals surface area (Å²) in [4.78, 5) is 11.2. The predicted octanol–water partition coefficient (Wildman–Crippen LogP) is 3.69. The molecule has 0 heterocycles. The van der Waals surface area contributed by atoms with Crippen LogP contribution in [0.1, 0.15) is 24.2 Å². The summed E-state index contributed by atoms with van der Waals surface area (Å²) in [6.45, 7) is 4.79. The monoisotopic (exact) mass is 228 g/mol. The summed E-state index contributed by atoms with van der Waals surface area (Å²) in [6.07, 6.45) is 0.873.